The van der Waals surface area contributed by atoms with Gasteiger partial charge in [0, 0.05) is 18.7 Å². The Morgan fingerprint density at radius 1 is 0.952 bits per heavy atom. The summed E-state index contributed by atoms with van der Waals surface area (Å²) in [6, 6.07) is 8.31. The molecule has 0 spiro atoms. The summed E-state index contributed by atoms with van der Waals surface area (Å²) >= 11 is 0. The lowest BCUT2D eigenvalue weighted by atomic mass is 10.1. The predicted molar refractivity (Wildman–Crippen MR) is 82.9 cm³/mol. The highest BCUT2D eigenvalue weighted by Gasteiger charge is 2.08. The first-order valence-electron chi connectivity index (χ1n) is 7.33. The van der Waals surface area contributed by atoms with Gasteiger partial charge in [-0.05, 0) is 20.0 Å². The van der Waals surface area contributed by atoms with E-state index in [-0.39, 0.29) is 6.04 Å². The Labute approximate surface area is 127 Å². The van der Waals surface area contributed by atoms with E-state index in [4.69, 9.17) is 18.9 Å². The highest BCUT2D eigenvalue weighted by molar-refractivity contribution is 5.35. The lowest BCUT2D eigenvalue weighted by Crippen LogP contribution is -2.15. The zero-order valence-corrected chi connectivity index (χ0v) is 13.3. The molecule has 0 saturated heterocycles. The molecule has 1 atom stereocenters. The third-order valence-electron chi connectivity index (χ3n) is 3.11. The molecule has 0 aliphatic heterocycles. The van der Waals surface area contributed by atoms with Crippen LogP contribution in [0.4, 0.5) is 0 Å². The molecule has 1 aromatic carbocycles. The quantitative estimate of drug-likeness (QED) is 0.598. The Morgan fingerprint density at radius 2 is 1.57 bits per heavy atom. The molecule has 1 rings (SSSR count). The Kier molecular flexibility index (Phi) is 9.82. The molecule has 1 unspecified atom stereocenters. The van der Waals surface area contributed by atoms with Gasteiger partial charge in [0.05, 0.1) is 33.0 Å². The first-order valence-corrected chi connectivity index (χ1v) is 7.33. The van der Waals surface area contributed by atoms with Crippen LogP contribution < -0.4 is 10.1 Å². The molecule has 120 valence electrons. The summed E-state index contributed by atoms with van der Waals surface area (Å²) in [6.07, 6.45) is 0. The number of rotatable bonds is 12. The van der Waals surface area contributed by atoms with Crippen LogP contribution in [-0.2, 0) is 14.2 Å². The number of hydrogen-bond donors (Lipinski definition) is 1. The number of methoxy groups -OCH3 is 1. The summed E-state index contributed by atoms with van der Waals surface area (Å²) in [7, 11) is 3.60. The zero-order chi connectivity index (χ0) is 15.3. The van der Waals surface area contributed by atoms with E-state index >= 15 is 0 Å². The van der Waals surface area contributed by atoms with Gasteiger partial charge < -0.3 is 24.3 Å². The van der Waals surface area contributed by atoms with Crippen molar-refractivity contribution in [2.45, 2.75) is 13.0 Å². The largest absolute Gasteiger partial charge is 0.491 e. The highest BCUT2D eigenvalue weighted by atomic mass is 16.6. The summed E-state index contributed by atoms with van der Waals surface area (Å²) in [6.45, 7) is 5.56. The average Bonchev–Trinajstić information content (AvgIpc) is 2.53. The molecular weight excluding hydrogens is 270 g/mol. The Balaban J connectivity index is 2.15. The molecule has 0 bridgehead atoms. The summed E-state index contributed by atoms with van der Waals surface area (Å²) < 4.78 is 21.4. The molecule has 0 radical (unpaired) electrons. The molecule has 0 aliphatic rings. The molecule has 5 nitrogen and oxygen atoms in total. The molecule has 0 aromatic heterocycles. The van der Waals surface area contributed by atoms with E-state index < -0.39 is 0 Å². The molecule has 0 fully saturated rings. The van der Waals surface area contributed by atoms with Crippen LogP contribution >= 0.6 is 0 Å². The molecule has 1 N–H and O–H groups in total. The third-order valence-corrected chi connectivity index (χ3v) is 3.11. The standard InChI is InChI=1S/C16H27NO4/c1-14(17-2)15-6-4-5-7-16(15)21-13-12-20-11-10-19-9-8-18-3/h4-7,14,17H,8-13H2,1-3H3. The van der Waals surface area contributed by atoms with Crippen molar-refractivity contribution in [1.29, 1.82) is 0 Å². The molecule has 0 amide bonds. The van der Waals surface area contributed by atoms with Crippen LogP contribution in [0.2, 0.25) is 0 Å². The van der Waals surface area contributed by atoms with Gasteiger partial charge in [-0.1, -0.05) is 18.2 Å². The summed E-state index contributed by atoms with van der Waals surface area (Å²) in [5.74, 6) is 0.902. The van der Waals surface area contributed by atoms with E-state index in [1.54, 1.807) is 7.11 Å². The van der Waals surface area contributed by atoms with Crippen molar-refractivity contribution in [3.8, 4) is 5.75 Å². The lowest BCUT2D eigenvalue weighted by molar-refractivity contribution is 0.0179. The second-order valence-electron chi connectivity index (χ2n) is 4.61. The predicted octanol–water partition coefficient (Wildman–Crippen LogP) is 2.03. The van der Waals surface area contributed by atoms with Crippen molar-refractivity contribution in [1.82, 2.24) is 5.32 Å². The lowest BCUT2D eigenvalue weighted by Gasteiger charge is -2.16. The van der Waals surface area contributed by atoms with E-state index in [0.29, 0.717) is 39.6 Å². The second kappa shape index (κ2) is 11.5. The van der Waals surface area contributed by atoms with E-state index in [0.717, 1.165) is 11.3 Å². The highest BCUT2D eigenvalue weighted by Crippen LogP contribution is 2.24. The number of para-hydroxylation sites is 1. The van der Waals surface area contributed by atoms with Gasteiger partial charge in [-0.3, -0.25) is 0 Å². The van der Waals surface area contributed by atoms with Crippen LogP contribution in [0.1, 0.15) is 18.5 Å². The summed E-state index contributed by atoms with van der Waals surface area (Å²) in [5.41, 5.74) is 1.16. The van der Waals surface area contributed by atoms with Crippen LogP contribution in [0, 0.1) is 0 Å². The van der Waals surface area contributed by atoms with Crippen molar-refractivity contribution in [3.63, 3.8) is 0 Å². The van der Waals surface area contributed by atoms with E-state index in [2.05, 4.69) is 18.3 Å². The smallest absolute Gasteiger partial charge is 0.124 e. The van der Waals surface area contributed by atoms with E-state index in [1.807, 2.05) is 25.2 Å². The van der Waals surface area contributed by atoms with E-state index in [1.165, 1.54) is 0 Å². The molecule has 0 saturated carbocycles. The van der Waals surface area contributed by atoms with Crippen molar-refractivity contribution in [2.75, 3.05) is 53.8 Å². The fourth-order valence-corrected chi connectivity index (χ4v) is 1.80. The molecule has 21 heavy (non-hydrogen) atoms. The van der Waals surface area contributed by atoms with Crippen LogP contribution in [-0.4, -0.2) is 53.8 Å². The van der Waals surface area contributed by atoms with Gasteiger partial charge in [0.2, 0.25) is 0 Å². The van der Waals surface area contributed by atoms with Gasteiger partial charge in [0.25, 0.3) is 0 Å². The fourth-order valence-electron chi connectivity index (χ4n) is 1.80. The topological polar surface area (TPSA) is 49.0 Å². The first-order chi connectivity index (χ1) is 10.3. The van der Waals surface area contributed by atoms with Gasteiger partial charge in [0.1, 0.15) is 12.4 Å². The molecule has 0 heterocycles. The minimum absolute atomic E-state index is 0.260. The Bertz CT molecular complexity index is 373. The minimum Gasteiger partial charge on any atom is -0.491 e. The van der Waals surface area contributed by atoms with Crippen LogP contribution in [0.25, 0.3) is 0 Å². The fraction of sp³-hybridized carbons (Fsp3) is 0.625. The molecule has 5 heteroatoms. The molecule has 1 aromatic rings. The number of hydrogen-bond acceptors (Lipinski definition) is 5. The van der Waals surface area contributed by atoms with Crippen LogP contribution in [0.3, 0.4) is 0 Å². The number of ether oxygens (including phenoxy) is 4. The van der Waals surface area contributed by atoms with Crippen molar-refractivity contribution < 1.29 is 18.9 Å². The van der Waals surface area contributed by atoms with E-state index in [9.17, 15) is 0 Å². The number of benzene rings is 1. The maximum Gasteiger partial charge on any atom is 0.124 e. The van der Waals surface area contributed by atoms with Crippen molar-refractivity contribution in [2.24, 2.45) is 0 Å². The first kappa shape index (κ1) is 17.9. The normalized spacial score (nSPS) is 12.3. The Morgan fingerprint density at radius 3 is 2.24 bits per heavy atom. The SMILES string of the molecule is CNC(C)c1ccccc1OCCOCCOCCOC. The van der Waals surface area contributed by atoms with Gasteiger partial charge in [-0.25, -0.2) is 0 Å². The summed E-state index contributed by atoms with van der Waals surface area (Å²) in [4.78, 5) is 0. The van der Waals surface area contributed by atoms with Crippen molar-refractivity contribution in [3.05, 3.63) is 29.8 Å². The van der Waals surface area contributed by atoms with Gasteiger partial charge in [-0.15, -0.1) is 0 Å². The van der Waals surface area contributed by atoms with Gasteiger partial charge in [-0.2, -0.15) is 0 Å². The number of nitrogens with one attached hydrogen (secondary N) is 1. The molecule has 0 aliphatic carbocycles. The zero-order valence-electron chi connectivity index (χ0n) is 13.3. The van der Waals surface area contributed by atoms with Gasteiger partial charge in [0.15, 0.2) is 0 Å². The maximum atomic E-state index is 5.78. The second-order valence-corrected chi connectivity index (χ2v) is 4.61. The Hall–Kier alpha value is -1.14. The monoisotopic (exact) mass is 297 g/mol. The van der Waals surface area contributed by atoms with Crippen molar-refractivity contribution >= 4 is 0 Å². The maximum absolute atomic E-state index is 5.78. The molecular formula is C16H27NO4. The average molecular weight is 297 g/mol. The van der Waals surface area contributed by atoms with Crippen LogP contribution in [0.5, 0.6) is 5.75 Å². The van der Waals surface area contributed by atoms with Crippen LogP contribution in [0.15, 0.2) is 24.3 Å². The minimum atomic E-state index is 0.260. The van der Waals surface area contributed by atoms with Gasteiger partial charge >= 0.3 is 0 Å². The third kappa shape index (κ3) is 7.43. The summed E-state index contributed by atoms with van der Waals surface area (Å²) in [5, 5.41) is 3.22.